The van der Waals surface area contributed by atoms with E-state index in [0.29, 0.717) is 39.0 Å². The van der Waals surface area contributed by atoms with Crippen molar-refractivity contribution < 1.29 is 18.0 Å². The van der Waals surface area contributed by atoms with Crippen LogP contribution in [0.4, 0.5) is 0 Å². The van der Waals surface area contributed by atoms with Crippen molar-refractivity contribution in [3.05, 3.63) is 71.8 Å². The predicted octanol–water partition coefficient (Wildman–Crippen LogP) is 2.58. The lowest BCUT2D eigenvalue weighted by atomic mass is 9.88. The molecule has 31 heavy (non-hydrogen) atoms. The number of carbonyl (C=O) groups is 2. The quantitative estimate of drug-likeness (QED) is 0.668. The van der Waals surface area contributed by atoms with Crippen LogP contribution in [-0.4, -0.2) is 67.6 Å². The number of hydrogen-bond acceptors (Lipinski definition) is 5. The molecule has 0 aliphatic carbocycles. The van der Waals surface area contributed by atoms with E-state index < -0.39 is 15.9 Å². The van der Waals surface area contributed by atoms with Gasteiger partial charge in [-0.05, 0) is 18.4 Å². The van der Waals surface area contributed by atoms with E-state index >= 15 is 0 Å². The van der Waals surface area contributed by atoms with Crippen LogP contribution in [0.2, 0.25) is 0 Å². The molecule has 1 atom stereocenters. The highest BCUT2D eigenvalue weighted by molar-refractivity contribution is 7.91. The van der Waals surface area contributed by atoms with Crippen molar-refractivity contribution in [2.45, 2.75) is 18.9 Å². The Hall–Kier alpha value is -2.51. The molecule has 0 spiro atoms. The number of Topliss-reactive ketones (excluding diaryl/α,β-unsaturated/α-hetero) is 1. The van der Waals surface area contributed by atoms with Crippen molar-refractivity contribution in [1.82, 2.24) is 9.80 Å². The molecule has 0 N–H and O–H groups in total. The zero-order valence-corrected chi connectivity index (χ0v) is 18.3. The van der Waals surface area contributed by atoms with Crippen molar-refractivity contribution >= 4 is 21.5 Å². The molecule has 2 fully saturated rings. The Bertz CT molecular complexity index is 1000. The standard InChI is InChI=1S/C24H28N2O4S/c27-23(20-9-5-2-6-10-20)21-11-13-26(14-12-21)24(28)22(19-7-3-1-4-8-19)25-15-17-31(29,30)18-16-25/h1-10,21-22H,11-18H2. The van der Waals surface area contributed by atoms with E-state index in [1.807, 2.05) is 70.5 Å². The van der Waals surface area contributed by atoms with Crippen LogP contribution in [-0.2, 0) is 14.6 Å². The summed E-state index contributed by atoms with van der Waals surface area (Å²) in [5, 5.41) is 0. The molecule has 0 aromatic heterocycles. The lowest BCUT2D eigenvalue weighted by Gasteiger charge is -2.39. The second kappa shape index (κ2) is 9.32. The van der Waals surface area contributed by atoms with Crippen LogP contribution < -0.4 is 0 Å². The van der Waals surface area contributed by atoms with Crippen LogP contribution in [0.1, 0.15) is 34.8 Å². The fourth-order valence-corrected chi connectivity index (χ4v) is 5.73. The lowest BCUT2D eigenvalue weighted by molar-refractivity contribution is -0.138. The molecule has 1 amide bonds. The SMILES string of the molecule is O=C(c1ccccc1)C1CCN(C(=O)C(c2ccccc2)N2CCS(=O)(=O)CC2)CC1. The second-order valence-electron chi connectivity index (χ2n) is 8.33. The average Bonchev–Trinajstić information content (AvgIpc) is 2.81. The number of nitrogens with zero attached hydrogens (tertiary/aromatic N) is 2. The maximum absolute atomic E-state index is 13.6. The Morgan fingerprint density at radius 2 is 1.35 bits per heavy atom. The smallest absolute Gasteiger partial charge is 0.244 e. The van der Waals surface area contributed by atoms with Crippen LogP contribution in [0.5, 0.6) is 0 Å². The molecule has 4 rings (SSSR count). The molecule has 0 bridgehead atoms. The number of sulfone groups is 1. The first-order chi connectivity index (χ1) is 14.9. The molecule has 2 aliphatic rings. The third-order valence-electron chi connectivity index (χ3n) is 6.33. The highest BCUT2D eigenvalue weighted by atomic mass is 32.2. The van der Waals surface area contributed by atoms with Gasteiger partial charge in [-0.2, -0.15) is 0 Å². The van der Waals surface area contributed by atoms with Gasteiger partial charge in [0, 0.05) is 37.7 Å². The van der Waals surface area contributed by atoms with E-state index in [0.717, 1.165) is 11.1 Å². The molecular weight excluding hydrogens is 412 g/mol. The molecule has 2 aliphatic heterocycles. The number of hydrogen-bond donors (Lipinski definition) is 0. The number of benzene rings is 2. The third-order valence-corrected chi connectivity index (χ3v) is 7.94. The summed E-state index contributed by atoms with van der Waals surface area (Å²) in [7, 11) is -3.03. The van der Waals surface area contributed by atoms with Gasteiger partial charge in [-0.1, -0.05) is 60.7 Å². The monoisotopic (exact) mass is 440 g/mol. The van der Waals surface area contributed by atoms with Gasteiger partial charge in [-0.25, -0.2) is 8.42 Å². The maximum Gasteiger partial charge on any atom is 0.244 e. The highest BCUT2D eigenvalue weighted by Gasteiger charge is 2.36. The predicted molar refractivity (Wildman–Crippen MR) is 119 cm³/mol. The number of piperidine rings is 1. The van der Waals surface area contributed by atoms with Crippen molar-refractivity contribution in [3.63, 3.8) is 0 Å². The summed E-state index contributed by atoms with van der Waals surface area (Å²) in [6.07, 6.45) is 1.30. The molecule has 2 heterocycles. The van der Waals surface area contributed by atoms with Gasteiger partial charge in [-0.3, -0.25) is 14.5 Å². The molecule has 1 unspecified atom stereocenters. The molecule has 2 aromatic carbocycles. The molecule has 7 heteroatoms. The molecule has 2 saturated heterocycles. The molecule has 2 aromatic rings. The number of amides is 1. The van der Waals surface area contributed by atoms with Crippen molar-refractivity contribution in [2.24, 2.45) is 5.92 Å². The topological polar surface area (TPSA) is 74.8 Å². The van der Waals surface area contributed by atoms with Crippen LogP contribution >= 0.6 is 0 Å². The van der Waals surface area contributed by atoms with Gasteiger partial charge >= 0.3 is 0 Å². The van der Waals surface area contributed by atoms with Crippen LogP contribution in [0.25, 0.3) is 0 Å². The summed E-state index contributed by atoms with van der Waals surface area (Å²) < 4.78 is 23.8. The minimum Gasteiger partial charge on any atom is -0.341 e. The third kappa shape index (κ3) is 5.05. The van der Waals surface area contributed by atoms with Gasteiger partial charge in [0.05, 0.1) is 11.5 Å². The minimum absolute atomic E-state index is 0.00360. The summed E-state index contributed by atoms with van der Waals surface area (Å²) in [5.74, 6) is 0.237. The Kier molecular flexibility index (Phi) is 6.53. The fraction of sp³-hybridized carbons (Fsp3) is 0.417. The summed E-state index contributed by atoms with van der Waals surface area (Å²) >= 11 is 0. The van der Waals surface area contributed by atoms with Gasteiger partial charge in [0.15, 0.2) is 15.6 Å². The van der Waals surface area contributed by atoms with E-state index in [-0.39, 0.29) is 29.1 Å². The normalized spacial score (nSPS) is 20.8. The Labute approximate surface area is 183 Å². The van der Waals surface area contributed by atoms with Crippen molar-refractivity contribution in [1.29, 1.82) is 0 Å². The highest BCUT2D eigenvalue weighted by Crippen LogP contribution is 2.28. The molecule has 164 valence electrons. The number of carbonyl (C=O) groups excluding carboxylic acids is 2. The van der Waals surface area contributed by atoms with E-state index in [1.165, 1.54) is 0 Å². The second-order valence-corrected chi connectivity index (χ2v) is 10.6. The zero-order valence-electron chi connectivity index (χ0n) is 17.5. The van der Waals surface area contributed by atoms with E-state index in [9.17, 15) is 18.0 Å². The average molecular weight is 441 g/mol. The van der Waals surface area contributed by atoms with Crippen LogP contribution in [0, 0.1) is 5.92 Å². The fourth-order valence-electron chi connectivity index (χ4n) is 4.50. The Morgan fingerprint density at radius 1 is 0.806 bits per heavy atom. The zero-order chi connectivity index (χ0) is 21.8. The first-order valence-corrected chi connectivity index (χ1v) is 12.6. The first-order valence-electron chi connectivity index (χ1n) is 10.8. The molecule has 6 nitrogen and oxygen atoms in total. The molecule has 0 radical (unpaired) electrons. The van der Waals surface area contributed by atoms with Gasteiger partial charge in [-0.15, -0.1) is 0 Å². The van der Waals surface area contributed by atoms with E-state index in [1.54, 1.807) is 0 Å². The van der Waals surface area contributed by atoms with Gasteiger partial charge in [0.25, 0.3) is 0 Å². The van der Waals surface area contributed by atoms with Gasteiger partial charge in [0.2, 0.25) is 5.91 Å². The van der Waals surface area contributed by atoms with Crippen LogP contribution in [0.3, 0.4) is 0 Å². The Balaban J connectivity index is 1.46. The first kappa shape index (κ1) is 21.7. The van der Waals surface area contributed by atoms with Crippen LogP contribution in [0.15, 0.2) is 60.7 Å². The van der Waals surface area contributed by atoms with Crippen molar-refractivity contribution in [3.8, 4) is 0 Å². The van der Waals surface area contributed by atoms with Gasteiger partial charge in [0.1, 0.15) is 6.04 Å². The number of ketones is 1. The summed E-state index contributed by atoms with van der Waals surface area (Å²) in [6, 6.07) is 18.4. The summed E-state index contributed by atoms with van der Waals surface area (Å²) in [5.41, 5.74) is 1.61. The van der Waals surface area contributed by atoms with Gasteiger partial charge < -0.3 is 4.90 Å². The summed E-state index contributed by atoms with van der Waals surface area (Å²) in [6.45, 7) is 1.79. The maximum atomic E-state index is 13.6. The minimum atomic E-state index is -3.03. The molecule has 0 saturated carbocycles. The van der Waals surface area contributed by atoms with E-state index in [2.05, 4.69) is 0 Å². The number of rotatable bonds is 5. The lowest BCUT2D eigenvalue weighted by Crippen LogP contribution is -2.50. The Morgan fingerprint density at radius 3 is 1.94 bits per heavy atom. The van der Waals surface area contributed by atoms with E-state index in [4.69, 9.17) is 0 Å². The number of likely N-dealkylation sites (tertiary alicyclic amines) is 1. The largest absolute Gasteiger partial charge is 0.341 e. The molecular formula is C24H28N2O4S. The summed E-state index contributed by atoms with van der Waals surface area (Å²) in [4.78, 5) is 30.2. The van der Waals surface area contributed by atoms with Crippen molar-refractivity contribution in [2.75, 3.05) is 37.7 Å².